The molecule has 0 aliphatic rings. The minimum absolute atomic E-state index is 0.783. The highest BCUT2D eigenvalue weighted by Crippen LogP contribution is 2.51. The van der Waals surface area contributed by atoms with Gasteiger partial charge in [0.05, 0.1) is 0 Å². The Morgan fingerprint density at radius 3 is 0.952 bits per heavy atom. The van der Waals surface area contributed by atoms with Crippen LogP contribution in [0.4, 0.5) is 34.1 Å². The Bertz CT molecular complexity index is 5330. The molecule has 6 heteroatoms. The second kappa shape index (κ2) is 18.1. The molecule has 14 aromatic carbocycles. The van der Waals surface area contributed by atoms with Crippen LogP contribution in [-0.4, -0.2) is 0 Å². The van der Waals surface area contributed by atoms with E-state index in [1.807, 2.05) is 0 Å². The van der Waals surface area contributed by atoms with Crippen LogP contribution in [0.25, 0.3) is 142 Å². The van der Waals surface area contributed by atoms with Crippen molar-refractivity contribution < 1.29 is 17.7 Å². The molecule has 18 aromatic rings. The monoisotopic (exact) mass is 1070 g/mol. The highest BCUT2D eigenvalue weighted by atomic mass is 16.3. The molecular formula is C78H46N2O4. The van der Waals surface area contributed by atoms with Crippen molar-refractivity contribution >= 4 is 154 Å². The Kier molecular flexibility index (Phi) is 9.99. The fourth-order valence-electron chi connectivity index (χ4n) is 13.4. The van der Waals surface area contributed by atoms with Crippen molar-refractivity contribution in [2.75, 3.05) is 9.80 Å². The average Bonchev–Trinajstić information content (AvgIpc) is 4.28. The molecule has 0 N–H and O–H groups in total. The predicted molar refractivity (Wildman–Crippen MR) is 348 cm³/mol. The van der Waals surface area contributed by atoms with Crippen molar-refractivity contribution in [3.8, 4) is 22.3 Å². The topological polar surface area (TPSA) is 59.0 Å². The second-order valence-electron chi connectivity index (χ2n) is 21.9. The van der Waals surface area contributed by atoms with Gasteiger partial charge in [-0.25, -0.2) is 0 Å². The third kappa shape index (κ3) is 7.04. The van der Waals surface area contributed by atoms with Gasteiger partial charge in [-0.3, -0.25) is 0 Å². The lowest BCUT2D eigenvalue weighted by Crippen LogP contribution is -2.09. The number of rotatable bonds is 8. The molecule has 0 unspecified atom stereocenters. The van der Waals surface area contributed by atoms with Crippen LogP contribution < -0.4 is 9.80 Å². The maximum Gasteiger partial charge on any atom is 0.143 e. The minimum Gasteiger partial charge on any atom is -0.456 e. The summed E-state index contributed by atoms with van der Waals surface area (Å²) in [5.41, 5.74) is 16.7. The number of hydrogen-bond donors (Lipinski definition) is 0. The number of benzene rings is 14. The van der Waals surface area contributed by atoms with E-state index in [1.54, 1.807) is 0 Å². The van der Waals surface area contributed by atoms with E-state index in [9.17, 15) is 0 Å². The van der Waals surface area contributed by atoms with Gasteiger partial charge in [-0.05, 0) is 141 Å². The number of nitrogens with zero attached hydrogens (tertiary/aromatic N) is 2. The maximum absolute atomic E-state index is 7.29. The number of para-hydroxylation sites is 2. The van der Waals surface area contributed by atoms with Crippen LogP contribution in [0, 0.1) is 0 Å². The first-order chi connectivity index (χ1) is 41.6. The van der Waals surface area contributed by atoms with E-state index in [1.165, 1.54) is 21.5 Å². The minimum atomic E-state index is 0.783. The maximum atomic E-state index is 7.29. The van der Waals surface area contributed by atoms with Crippen LogP contribution in [-0.2, 0) is 0 Å². The molecule has 18 rings (SSSR count). The Hall–Kier alpha value is -11.3. The van der Waals surface area contributed by atoms with E-state index in [0.29, 0.717) is 0 Å². The summed E-state index contributed by atoms with van der Waals surface area (Å²) in [6.07, 6.45) is 0. The molecule has 0 amide bonds. The second-order valence-corrected chi connectivity index (χ2v) is 21.9. The molecular weight excluding hydrogens is 1030 g/mol. The van der Waals surface area contributed by atoms with E-state index >= 15 is 0 Å². The molecule has 0 atom stereocenters. The number of fused-ring (bicyclic) bond motifs is 17. The summed E-state index contributed by atoms with van der Waals surface area (Å²) in [6.45, 7) is 0. The van der Waals surface area contributed by atoms with E-state index in [-0.39, 0.29) is 0 Å². The molecule has 0 bridgehead atoms. The average molecular weight is 1080 g/mol. The predicted octanol–water partition coefficient (Wildman–Crippen LogP) is 23.0. The standard InChI is InChI=1S/C78H46N2O4/c1-5-19-49(20-6-1)73-63-45-66-60-36-32-54(80(52-25-11-4-12-26-52)56-34-38-62-72(44-56)82-68-40-30-48-18-14-16-28-58(48)76(62)68)42-70(60)84-78(66)74(50-21-7-2-8-22-50)64(63)46-65-59-35-31-53(41-69(59)83-77(65)73)79(51-23-9-3-10-24-51)55-33-37-61-71(43-55)81-67-39-29-47-17-13-15-27-57(47)75(61)67/h1-46H. The highest BCUT2D eigenvalue weighted by Gasteiger charge is 2.26. The van der Waals surface area contributed by atoms with Gasteiger partial charge in [0.25, 0.3) is 0 Å². The van der Waals surface area contributed by atoms with E-state index in [2.05, 4.69) is 289 Å². The summed E-state index contributed by atoms with van der Waals surface area (Å²) in [4.78, 5) is 4.56. The summed E-state index contributed by atoms with van der Waals surface area (Å²) in [5, 5.41) is 15.4. The molecule has 4 aromatic heterocycles. The van der Waals surface area contributed by atoms with Crippen molar-refractivity contribution in [2.45, 2.75) is 0 Å². The van der Waals surface area contributed by atoms with Gasteiger partial charge in [0.15, 0.2) is 0 Å². The Morgan fingerprint density at radius 1 is 0.202 bits per heavy atom. The SMILES string of the molecule is c1ccc(-c2c3cc4c(oc5cc(N(c6ccccc6)c6ccc7c(c6)oc6ccc8ccccc8c67)ccc54)c(-c4ccccc4)c3cc3c2oc2cc(N(c4ccccc4)c4ccc5c(c4)oc4ccc6ccccc6c45)ccc23)cc1. The van der Waals surface area contributed by atoms with Gasteiger partial charge in [-0.1, -0.05) is 158 Å². The number of anilines is 6. The molecule has 0 saturated carbocycles. The molecule has 0 aliphatic heterocycles. The van der Waals surface area contributed by atoms with Gasteiger partial charge < -0.3 is 27.5 Å². The summed E-state index contributed by atoms with van der Waals surface area (Å²) < 4.78 is 27.9. The van der Waals surface area contributed by atoms with Crippen molar-refractivity contribution in [3.63, 3.8) is 0 Å². The molecule has 0 fully saturated rings. The van der Waals surface area contributed by atoms with Gasteiger partial charge in [-0.15, -0.1) is 0 Å². The lowest BCUT2D eigenvalue weighted by atomic mass is 9.89. The van der Waals surface area contributed by atoms with Crippen LogP contribution in [0.15, 0.2) is 297 Å². The molecule has 0 saturated heterocycles. The zero-order valence-electron chi connectivity index (χ0n) is 45.1. The first-order valence-corrected chi connectivity index (χ1v) is 28.5. The molecule has 0 aliphatic carbocycles. The molecule has 392 valence electrons. The molecule has 6 nitrogen and oxygen atoms in total. The Labute approximate surface area is 480 Å². The lowest BCUT2D eigenvalue weighted by molar-refractivity contribution is 0.668. The van der Waals surface area contributed by atoms with Crippen LogP contribution in [0.3, 0.4) is 0 Å². The Morgan fingerprint density at radius 2 is 0.548 bits per heavy atom. The highest BCUT2D eigenvalue weighted by molar-refractivity contribution is 6.27. The summed E-state index contributed by atoms with van der Waals surface area (Å²) >= 11 is 0. The van der Waals surface area contributed by atoms with Crippen LogP contribution in [0.2, 0.25) is 0 Å². The summed E-state index contributed by atoms with van der Waals surface area (Å²) in [5.74, 6) is 0. The van der Waals surface area contributed by atoms with E-state index in [4.69, 9.17) is 17.7 Å². The van der Waals surface area contributed by atoms with E-state index in [0.717, 1.165) is 155 Å². The van der Waals surface area contributed by atoms with Crippen molar-refractivity contribution in [1.82, 2.24) is 0 Å². The van der Waals surface area contributed by atoms with Crippen LogP contribution >= 0.6 is 0 Å². The largest absolute Gasteiger partial charge is 0.456 e. The fourth-order valence-corrected chi connectivity index (χ4v) is 13.4. The number of hydrogen-bond acceptors (Lipinski definition) is 6. The summed E-state index contributed by atoms with van der Waals surface area (Å²) in [6, 6.07) is 98.8. The summed E-state index contributed by atoms with van der Waals surface area (Å²) in [7, 11) is 0. The van der Waals surface area contributed by atoms with Crippen molar-refractivity contribution in [3.05, 3.63) is 279 Å². The normalized spacial score (nSPS) is 12.0. The molecule has 4 heterocycles. The van der Waals surface area contributed by atoms with Crippen LogP contribution in [0.1, 0.15) is 0 Å². The van der Waals surface area contributed by atoms with Crippen molar-refractivity contribution in [2.24, 2.45) is 0 Å². The van der Waals surface area contributed by atoms with E-state index < -0.39 is 0 Å². The van der Waals surface area contributed by atoms with Crippen molar-refractivity contribution in [1.29, 1.82) is 0 Å². The zero-order valence-corrected chi connectivity index (χ0v) is 45.1. The molecule has 0 spiro atoms. The smallest absolute Gasteiger partial charge is 0.143 e. The lowest BCUT2D eigenvalue weighted by Gasteiger charge is -2.25. The molecule has 0 radical (unpaired) electrons. The third-order valence-corrected chi connectivity index (χ3v) is 17.2. The zero-order chi connectivity index (χ0) is 55.0. The van der Waals surface area contributed by atoms with Gasteiger partial charge >= 0.3 is 0 Å². The van der Waals surface area contributed by atoms with Crippen LogP contribution in [0.5, 0.6) is 0 Å². The van der Waals surface area contributed by atoms with Gasteiger partial charge in [-0.2, -0.15) is 0 Å². The quantitative estimate of drug-likeness (QED) is 0.151. The number of furan rings is 4. The molecule has 84 heavy (non-hydrogen) atoms. The fraction of sp³-hybridized carbons (Fsp3) is 0. The van der Waals surface area contributed by atoms with Gasteiger partial charge in [0.2, 0.25) is 0 Å². The first kappa shape index (κ1) is 46.4. The van der Waals surface area contributed by atoms with Gasteiger partial charge in [0, 0.05) is 113 Å². The Balaban J connectivity index is 0.826. The van der Waals surface area contributed by atoms with Gasteiger partial charge in [0.1, 0.15) is 44.7 Å². The third-order valence-electron chi connectivity index (χ3n) is 17.2. The first-order valence-electron chi connectivity index (χ1n) is 28.5.